The van der Waals surface area contributed by atoms with Crippen LogP contribution in [0.25, 0.3) is 5.65 Å². The fraction of sp³-hybridized carbons (Fsp3) is 0.500. The van der Waals surface area contributed by atoms with Crippen LogP contribution in [0.15, 0.2) is 24.4 Å². The van der Waals surface area contributed by atoms with Crippen molar-refractivity contribution < 1.29 is 4.79 Å². The Bertz CT molecular complexity index is 728. The molecule has 22 heavy (non-hydrogen) atoms. The van der Waals surface area contributed by atoms with E-state index in [9.17, 15) is 4.79 Å². The smallest absolute Gasteiger partial charge is 0.227 e. The van der Waals surface area contributed by atoms with E-state index < -0.39 is 0 Å². The second-order valence-corrected chi connectivity index (χ2v) is 6.64. The molecule has 2 saturated heterocycles. The van der Waals surface area contributed by atoms with Gasteiger partial charge >= 0.3 is 0 Å². The van der Waals surface area contributed by atoms with E-state index in [0.717, 1.165) is 43.8 Å². The molecule has 2 aliphatic rings. The molecular formula is C16H19ClN4O. The third kappa shape index (κ3) is 2.11. The van der Waals surface area contributed by atoms with Crippen molar-refractivity contribution in [2.45, 2.75) is 25.4 Å². The van der Waals surface area contributed by atoms with Crippen molar-refractivity contribution >= 4 is 23.2 Å². The van der Waals surface area contributed by atoms with Gasteiger partial charge in [0, 0.05) is 32.4 Å². The van der Waals surface area contributed by atoms with Crippen LogP contribution in [0.3, 0.4) is 0 Å². The Morgan fingerprint density at radius 1 is 1.41 bits per heavy atom. The monoisotopic (exact) mass is 318 g/mol. The lowest BCUT2D eigenvalue weighted by Gasteiger charge is -2.35. The SMILES string of the molecule is CN1C[C@@H]2[C@@H](CCCN2Cc2c(Cl)nc3ccccn23)C1=O. The van der Waals surface area contributed by atoms with Crippen LogP contribution in [0.4, 0.5) is 0 Å². The van der Waals surface area contributed by atoms with Crippen LogP contribution in [0.2, 0.25) is 5.15 Å². The van der Waals surface area contributed by atoms with E-state index >= 15 is 0 Å². The lowest BCUT2D eigenvalue weighted by Crippen LogP contribution is -2.45. The van der Waals surface area contributed by atoms with Crippen LogP contribution >= 0.6 is 11.6 Å². The molecule has 0 aromatic carbocycles. The number of likely N-dealkylation sites (tertiary alicyclic amines) is 2. The minimum atomic E-state index is 0.150. The van der Waals surface area contributed by atoms with E-state index in [2.05, 4.69) is 9.88 Å². The topological polar surface area (TPSA) is 40.9 Å². The van der Waals surface area contributed by atoms with E-state index in [4.69, 9.17) is 11.6 Å². The van der Waals surface area contributed by atoms with E-state index in [1.165, 1.54) is 0 Å². The summed E-state index contributed by atoms with van der Waals surface area (Å²) in [5.74, 6) is 0.440. The molecule has 0 saturated carbocycles. The molecule has 5 nitrogen and oxygen atoms in total. The van der Waals surface area contributed by atoms with Crippen LogP contribution in [-0.2, 0) is 11.3 Å². The van der Waals surface area contributed by atoms with Crippen molar-refractivity contribution in [3.8, 4) is 0 Å². The molecule has 6 heteroatoms. The Hall–Kier alpha value is -1.59. The van der Waals surface area contributed by atoms with Gasteiger partial charge in [-0.2, -0.15) is 0 Å². The predicted molar refractivity (Wildman–Crippen MR) is 84.8 cm³/mol. The van der Waals surface area contributed by atoms with E-state index in [1.54, 1.807) is 0 Å². The lowest BCUT2D eigenvalue weighted by molar-refractivity contribution is -0.130. The molecule has 2 aromatic heterocycles. The Balaban J connectivity index is 1.65. The largest absolute Gasteiger partial charge is 0.344 e. The van der Waals surface area contributed by atoms with Gasteiger partial charge in [0.1, 0.15) is 5.65 Å². The normalized spacial score (nSPS) is 25.9. The molecule has 0 aliphatic carbocycles. The Labute approximate surface area is 134 Å². The highest BCUT2D eigenvalue weighted by molar-refractivity contribution is 6.30. The van der Waals surface area contributed by atoms with E-state index in [-0.39, 0.29) is 5.92 Å². The maximum Gasteiger partial charge on any atom is 0.227 e. The first-order chi connectivity index (χ1) is 10.6. The third-order valence-corrected chi connectivity index (χ3v) is 5.28. The van der Waals surface area contributed by atoms with Gasteiger partial charge in [-0.1, -0.05) is 17.7 Å². The quantitative estimate of drug-likeness (QED) is 0.851. The lowest BCUT2D eigenvalue weighted by atomic mass is 9.91. The fourth-order valence-corrected chi connectivity index (χ4v) is 4.10. The Morgan fingerprint density at radius 2 is 2.27 bits per heavy atom. The number of fused-ring (bicyclic) bond motifs is 2. The van der Waals surface area contributed by atoms with Gasteiger partial charge in [0.25, 0.3) is 0 Å². The summed E-state index contributed by atoms with van der Waals surface area (Å²) in [6, 6.07) is 6.21. The molecule has 116 valence electrons. The summed E-state index contributed by atoms with van der Waals surface area (Å²) in [6.45, 7) is 2.57. The number of rotatable bonds is 2. The van der Waals surface area contributed by atoms with Crippen molar-refractivity contribution in [3.63, 3.8) is 0 Å². The van der Waals surface area contributed by atoms with Crippen molar-refractivity contribution in [2.24, 2.45) is 5.92 Å². The molecule has 2 atom stereocenters. The summed E-state index contributed by atoms with van der Waals surface area (Å²) in [4.78, 5) is 20.9. The van der Waals surface area contributed by atoms with Gasteiger partial charge in [0.2, 0.25) is 5.91 Å². The molecule has 2 fully saturated rings. The van der Waals surface area contributed by atoms with E-state index in [0.29, 0.717) is 17.1 Å². The summed E-state index contributed by atoms with van der Waals surface area (Å²) in [5.41, 5.74) is 1.88. The minimum Gasteiger partial charge on any atom is -0.344 e. The second kappa shape index (κ2) is 5.25. The Kier molecular flexibility index (Phi) is 3.35. The van der Waals surface area contributed by atoms with Gasteiger partial charge in [-0.25, -0.2) is 4.98 Å². The number of amides is 1. The van der Waals surface area contributed by atoms with Crippen molar-refractivity contribution in [2.75, 3.05) is 20.1 Å². The number of nitrogens with zero attached hydrogens (tertiary/aromatic N) is 4. The van der Waals surface area contributed by atoms with Crippen molar-refractivity contribution in [3.05, 3.63) is 35.2 Å². The maximum atomic E-state index is 12.2. The molecule has 0 radical (unpaired) electrons. The number of aromatic nitrogens is 2. The number of hydrogen-bond donors (Lipinski definition) is 0. The maximum absolute atomic E-state index is 12.2. The first-order valence-electron chi connectivity index (χ1n) is 7.75. The van der Waals surface area contributed by atoms with Gasteiger partial charge in [0.05, 0.1) is 11.6 Å². The van der Waals surface area contributed by atoms with Crippen LogP contribution in [0.5, 0.6) is 0 Å². The van der Waals surface area contributed by atoms with Gasteiger partial charge < -0.3 is 9.30 Å². The summed E-state index contributed by atoms with van der Waals surface area (Å²) < 4.78 is 2.05. The average Bonchev–Trinajstić information content (AvgIpc) is 2.99. The van der Waals surface area contributed by atoms with Gasteiger partial charge in [-0.05, 0) is 31.5 Å². The molecular weight excluding hydrogens is 300 g/mol. The average molecular weight is 319 g/mol. The molecule has 2 aliphatic heterocycles. The number of pyridine rings is 1. The van der Waals surface area contributed by atoms with Crippen molar-refractivity contribution in [1.29, 1.82) is 0 Å². The number of piperidine rings is 1. The molecule has 0 bridgehead atoms. The number of carbonyl (C=O) groups is 1. The summed E-state index contributed by atoms with van der Waals surface area (Å²) >= 11 is 6.35. The minimum absolute atomic E-state index is 0.150. The first kappa shape index (κ1) is 14.0. The van der Waals surface area contributed by atoms with Crippen molar-refractivity contribution in [1.82, 2.24) is 19.2 Å². The zero-order chi connectivity index (χ0) is 15.3. The highest BCUT2D eigenvalue weighted by Crippen LogP contribution is 2.32. The van der Waals surface area contributed by atoms with Crippen LogP contribution < -0.4 is 0 Å². The number of carbonyl (C=O) groups excluding carboxylic acids is 1. The zero-order valence-corrected chi connectivity index (χ0v) is 13.3. The summed E-state index contributed by atoms with van der Waals surface area (Å²) in [5, 5.41) is 0.561. The van der Waals surface area contributed by atoms with Crippen LogP contribution in [-0.4, -0.2) is 51.3 Å². The molecule has 0 N–H and O–H groups in total. The first-order valence-corrected chi connectivity index (χ1v) is 8.13. The summed E-state index contributed by atoms with van der Waals surface area (Å²) in [7, 11) is 1.90. The predicted octanol–water partition coefficient (Wildman–Crippen LogP) is 2.04. The van der Waals surface area contributed by atoms with Gasteiger partial charge in [0.15, 0.2) is 5.15 Å². The highest BCUT2D eigenvalue weighted by Gasteiger charge is 2.43. The van der Waals surface area contributed by atoms with Crippen LogP contribution in [0, 0.1) is 5.92 Å². The zero-order valence-electron chi connectivity index (χ0n) is 12.6. The second-order valence-electron chi connectivity index (χ2n) is 6.28. The molecule has 0 unspecified atom stereocenters. The number of imidazole rings is 1. The van der Waals surface area contributed by atoms with Crippen LogP contribution in [0.1, 0.15) is 18.5 Å². The molecule has 4 rings (SSSR count). The fourth-order valence-electron chi connectivity index (χ4n) is 3.86. The molecule has 0 spiro atoms. The highest BCUT2D eigenvalue weighted by atomic mass is 35.5. The third-order valence-electron chi connectivity index (χ3n) is 4.98. The summed E-state index contributed by atoms with van der Waals surface area (Å²) in [6.07, 6.45) is 4.07. The van der Waals surface area contributed by atoms with Gasteiger partial charge in [-0.15, -0.1) is 0 Å². The molecule has 2 aromatic rings. The molecule has 1 amide bonds. The van der Waals surface area contributed by atoms with E-state index in [1.807, 2.05) is 40.7 Å². The van der Waals surface area contributed by atoms with Gasteiger partial charge in [-0.3, -0.25) is 9.69 Å². The number of hydrogen-bond acceptors (Lipinski definition) is 3. The number of halogens is 1. The standard InChI is InChI=1S/C16H19ClN4O/c1-19-9-12-11(16(19)22)5-4-7-20(12)10-13-15(17)18-14-6-2-3-8-21(13)14/h2-3,6,8,11-12H,4-5,7,9-10H2,1H3/t11-,12-/m1/s1. The molecule has 4 heterocycles. The Morgan fingerprint density at radius 3 is 3.14 bits per heavy atom. The number of likely N-dealkylation sites (N-methyl/N-ethyl adjacent to an activating group) is 1.